The van der Waals surface area contributed by atoms with Crippen LogP contribution in [-0.4, -0.2) is 35.3 Å². The Morgan fingerprint density at radius 2 is 2.10 bits per heavy atom. The summed E-state index contributed by atoms with van der Waals surface area (Å²) in [6.45, 7) is 1.61. The average Bonchev–Trinajstić information content (AvgIpc) is 2.39. The third-order valence-corrected chi connectivity index (χ3v) is 4.01. The molecule has 8 heteroatoms. The molecule has 0 saturated carbocycles. The fraction of sp³-hybridized carbons (Fsp3) is 0.462. The summed E-state index contributed by atoms with van der Waals surface area (Å²) in [4.78, 5) is 11.7. The molecular weight excluding hydrogens is 305 g/mol. The second-order valence-corrected chi connectivity index (χ2v) is 5.50. The van der Waals surface area contributed by atoms with E-state index in [9.17, 15) is 18.0 Å². The van der Waals surface area contributed by atoms with Gasteiger partial charge in [-0.3, -0.25) is 0 Å². The van der Waals surface area contributed by atoms with E-state index in [0.717, 1.165) is 12.1 Å². The minimum atomic E-state index is -4.46. The summed E-state index contributed by atoms with van der Waals surface area (Å²) in [6.07, 6.45) is -2.66. The van der Waals surface area contributed by atoms with Gasteiger partial charge in [0.2, 0.25) is 0 Å². The maximum atomic E-state index is 12.6. The quantitative estimate of drug-likeness (QED) is 0.781. The number of hydrogen-bond donors (Lipinski definition) is 3. The maximum absolute atomic E-state index is 12.6. The number of aliphatic hydroxyl groups is 1. The standard InChI is InChI=1S/C13H17F3N2O2S/c1-8(11(7-19)21-2)17-12(20)18-10-5-3-4-9(6-10)13(14,15)16/h3-6,8,11,19H,7H2,1-2H3,(H2,17,18,20). The highest BCUT2D eigenvalue weighted by molar-refractivity contribution is 7.99. The summed E-state index contributed by atoms with van der Waals surface area (Å²) >= 11 is 1.39. The molecule has 2 atom stereocenters. The molecule has 4 nitrogen and oxygen atoms in total. The summed E-state index contributed by atoms with van der Waals surface area (Å²) in [5, 5.41) is 13.8. The van der Waals surface area contributed by atoms with Gasteiger partial charge < -0.3 is 15.7 Å². The van der Waals surface area contributed by atoms with Crippen molar-refractivity contribution in [2.45, 2.75) is 24.4 Å². The van der Waals surface area contributed by atoms with E-state index in [1.807, 2.05) is 0 Å². The molecule has 0 fully saturated rings. The zero-order chi connectivity index (χ0) is 16.0. The van der Waals surface area contributed by atoms with E-state index in [1.54, 1.807) is 13.2 Å². The number of benzene rings is 1. The monoisotopic (exact) mass is 322 g/mol. The highest BCUT2D eigenvalue weighted by atomic mass is 32.2. The summed E-state index contributed by atoms with van der Waals surface area (Å²) in [5.74, 6) is 0. The van der Waals surface area contributed by atoms with Crippen LogP contribution in [0.2, 0.25) is 0 Å². The second kappa shape index (κ2) is 7.56. The number of carbonyl (C=O) groups excluding carboxylic acids is 1. The van der Waals surface area contributed by atoms with Crippen molar-refractivity contribution >= 4 is 23.5 Å². The van der Waals surface area contributed by atoms with Crippen LogP contribution in [0.3, 0.4) is 0 Å². The van der Waals surface area contributed by atoms with Crippen LogP contribution in [0, 0.1) is 0 Å². The van der Waals surface area contributed by atoms with Gasteiger partial charge in [0.25, 0.3) is 0 Å². The van der Waals surface area contributed by atoms with Crippen LogP contribution < -0.4 is 10.6 Å². The Morgan fingerprint density at radius 1 is 1.43 bits per heavy atom. The summed E-state index contributed by atoms with van der Waals surface area (Å²) < 4.78 is 37.7. The van der Waals surface area contributed by atoms with Gasteiger partial charge in [0.15, 0.2) is 0 Å². The van der Waals surface area contributed by atoms with Gasteiger partial charge >= 0.3 is 12.2 Å². The van der Waals surface area contributed by atoms with E-state index >= 15 is 0 Å². The first-order valence-corrected chi connectivity index (χ1v) is 7.45. The number of nitrogens with one attached hydrogen (secondary N) is 2. The third-order valence-electron chi connectivity index (χ3n) is 2.85. The van der Waals surface area contributed by atoms with Gasteiger partial charge in [-0.05, 0) is 31.4 Å². The van der Waals surface area contributed by atoms with Crippen molar-refractivity contribution in [3.63, 3.8) is 0 Å². The number of urea groups is 1. The van der Waals surface area contributed by atoms with Crippen LogP contribution >= 0.6 is 11.8 Å². The Kier molecular flexibility index (Phi) is 6.35. The fourth-order valence-electron chi connectivity index (χ4n) is 1.68. The molecule has 1 aromatic carbocycles. The SMILES string of the molecule is CSC(CO)C(C)NC(=O)Nc1cccc(C(F)(F)F)c1. The van der Waals surface area contributed by atoms with Crippen molar-refractivity contribution in [1.29, 1.82) is 0 Å². The molecule has 2 unspecified atom stereocenters. The lowest BCUT2D eigenvalue weighted by Crippen LogP contribution is -2.43. The third kappa shape index (κ3) is 5.47. The van der Waals surface area contributed by atoms with Crippen molar-refractivity contribution in [2.75, 3.05) is 18.2 Å². The molecule has 0 aliphatic carbocycles. The van der Waals surface area contributed by atoms with E-state index in [4.69, 9.17) is 5.11 Å². The van der Waals surface area contributed by atoms with Crippen LogP contribution in [-0.2, 0) is 6.18 Å². The highest BCUT2D eigenvalue weighted by Gasteiger charge is 2.30. The van der Waals surface area contributed by atoms with Crippen LogP contribution in [0.15, 0.2) is 24.3 Å². The van der Waals surface area contributed by atoms with Gasteiger partial charge in [-0.15, -0.1) is 0 Å². The number of rotatable bonds is 5. The molecule has 21 heavy (non-hydrogen) atoms. The molecule has 0 radical (unpaired) electrons. The summed E-state index contributed by atoms with van der Waals surface area (Å²) in [5.41, 5.74) is -0.773. The number of carbonyl (C=O) groups is 1. The predicted octanol–water partition coefficient (Wildman–Crippen LogP) is 2.94. The molecule has 1 aromatic rings. The van der Waals surface area contributed by atoms with E-state index in [0.29, 0.717) is 0 Å². The Balaban J connectivity index is 2.67. The minimum absolute atomic E-state index is 0.0548. The van der Waals surface area contributed by atoms with Gasteiger partial charge in [0.1, 0.15) is 0 Å². The van der Waals surface area contributed by atoms with Gasteiger partial charge in [-0.25, -0.2) is 4.79 Å². The largest absolute Gasteiger partial charge is 0.416 e. The number of anilines is 1. The van der Waals surface area contributed by atoms with Gasteiger partial charge in [-0.1, -0.05) is 6.07 Å². The van der Waals surface area contributed by atoms with Crippen LogP contribution in [0.4, 0.5) is 23.7 Å². The van der Waals surface area contributed by atoms with E-state index in [-0.39, 0.29) is 23.6 Å². The predicted molar refractivity (Wildman–Crippen MR) is 77.4 cm³/mol. The number of thioether (sulfide) groups is 1. The molecular formula is C13H17F3N2O2S. The van der Waals surface area contributed by atoms with E-state index in [2.05, 4.69) is 10.6 Å². The van der Waals surface area contributed by atoms with Gasteiger partial charge in [0.05, 0.1) is 12.2 Å². The Hall–Kier alpha value is -1.41. The molecule has 0 aliphatic rings. The van der Waals surface area contributed by atoms with Gasteiger partial charge in [0, 0.05) is 17.0 Å². The second-order valence-electron chi connectivity index (χ2n) is 4.42. The molecule has 3 N–H and O–H groups in total. The number of hydrogen-bond acceptors (Lipinski definition) is 3. The normalized spacial score (nSPS) is 14.4. The number of alkyl halides is 3. The lowest BCUT2D eigenvalue weighted by molar-refractivity contribution is -0.137. The van der Waals surface area contributed by atoms with Crippen molar-refractivity contribution in [1.82, 2.24) is 5.32 Å². The lowest BCUT2D eigenvalue weighted by atomic mass is 10.2. The number of halogens is 3. The lowest BCUT2D eigenvalue weighted by Gasteiger charge is -2.21. The van der Waals surface area contributed by atoms with Crippen molar-refractivity contribution in [3.05, 3.63) is 29.8 Å². The first kappa shape index (κ1) is 17.6. The first-order valence-electron chi connectivity index (χ1n) is 6.16. The average molecular weight is 322 g/mol. The van der Waals surface area contributed by atoms with Crippen molar-refractivity contribution < 1.29 is 23.1 Å². The molecule has 0 bridgehead atoms. The fourth-order valence-corrected chi connectivity index (χ4v) is 2.30. The zero-order valence-electron chi connectivity index (χ0n) is 11.6. The first-order chi connectivity index (χ1) is 9.77. The maximum Gasteiger partial charge on any atom is 0.416 e. The highest BCUT2D eigenvalue weighted by Crippen LogP contribution is 2.30. The van der Waals surface area contributed by atoms with Crippen LogP contribution in [0.5, 0.6) is 0 Å². The van der Waals surface area contributed by atoms with E-state index in [1.165, 1.54) is 23.9 Å². The Labute approximate surface area is 125 Å². The molecule has 118 valence electrons. The summed E-state index contributed by atoms with van der Waals surface area (Å²) in [6, 6.07) is 3.45. The molecule has 0 saturated heterocycles. The Bertz CT molecular complexity index is 479. The topological polar surface area (TPSA) is 61.4 Å². The van der Waals surface area contributed by atoms with Gasteiger partial charge in [-0.2, -0.15) is 24.9 Å². The van der Waals surface area contributed by atoms with E-state index < -0.39 is 17.8 Å². The molecule has 1 rings (SSSR count). The molecule has 0 spiro atoms. The number of amides is 2. The molecule has 2 amide bonds. The molecule has 0 aliphatic heterocycles. The smallest absolute Gasteiger partial charge is 0.395 e. The number of aliphatic hydroxyl groups excluding tert-OH is 1. The zero-order valence-corrected chi connectivity index (χ0v) is 12.4. The molecule has 0 heterocycles. The summed E-state index contributed by atoms with van der Waals surface area (Å²) in [7, 11) is 0. The van der Waals surface area contributed by atoms with Crippen LogP contribution in [0.1, 0.15) is 12.5 Å². The van der Waals surface area contributed by atoms with Crippen molar-refractivity contribution in [3.8, 4) is 0 Å². The molecule has 0 aromatic heterocycles. The van der Waals surface area contributed by atoms with Crippen LogP contribution in [0.25, 0.3) is 0 Å². The Morgan fingerprint density at radius 3 is 2.62 bits per heavy atom. The van der Waals surface area contributed by atoms with Crippen molar-refractivity contribution in [2.24, 2.45) is 0 Å². The minimum Gasteiger partial charge on any atom is -0.395 e.